The number of rotatable bonds is 6. The van der Waals surface area contributed by atoms with Gasteiger partial charge in [0.15, 0.2) is 11.6 Å². The smallest absolute Gasteiger partial charge is 0.155 e. The molecule has 0 unspecified atom stereocenters. The third kappa shape index (κ3) is 4.99. The fraction of sp³-hybridized carbons (Fsp3) is 0.182. The van der Waals surface area contributed by atoms with Gasteiger partial charge in [0.2, 0.25) is 0 Å². The van der Waals surface area contributed by atoms with E-state index in [-0.39, 0.29) is 0 Å². The van der Waals surface area contributed by atoms with Crippen molar-refractivity contribution in [1.82, 2.24) is 34.6 Å². The number of hydrogen-bond donors (Lipinski definition) is 0. The monoisotopic (exact) mass is 523 g/mol. The minimum absolute atomic E-state index is 0.383. The van der Waals surface area contributed by atoms with E-state index in [4.69, 9.17) is 10.1 Å². The zero-order valence-electron chi connectivity index (χ0n) is 22.1. The molecule has 0 N–H and O–H groups in total. The van der Waals surface area contributed by atoms with Crippen molar-refractivity contribution < 1.29 is 0 Å². The number of pyridine rings is 3. The fourth-order valence-electron chi connectivity index (χ4n) is 5.51. The quantitative estimate of drug-likeness (QED) is 0.254. The molecule has 6 aromatic rings. The van der Waals surface area contributed by atoms with Crippen LogP contribution in [0.1, 0.15) is 30.1 Å². The van der Waals surface area contributed by atoms with Gasteiger partial charge in [-0.1, -0.05) is 60.7 Å². The molecule has 0 amide bonds. The minimum atomic E-state index is 0.383. The first-order valence-corrected chi connectivity index (χ1v) is 13.7. The summed E-state index contributed by atoms with van der Waals surface area (Å²) < 4.78 is 1.77. The van der Waals surface area contributed by atoms with Gasteiger partial charge in [-0.15, -0.1) is 5.10 Å². The Bertz CT molecular complexity index is 1720. The van der Waals surface area contributed by atoms with Crippen LogP contribution in [0.25, 0.3) is 39.1 Å². The maximum atomic E-state index is 5.06. The van der Waals surface area contributed by atoms with Crippen molar-refractivity contribution in [2.75, 3.05) is 13.1 Å². The summed E-state index contributed by atoms with van der Waals surface area (Å²) in [6.07, 6.45) is 9.35. The second kappa shape index (κ2) is 10.8. The van der Waals surface area contributed by atoms with E-state index in [0.29, 0.717) is 5.92 Å². The molecule has 0 radical (unpaired) electrons. The molecule has 1 aliphatic rings. The fourth-order valence-corrected chi connectivity index (χ4v) is 5.51. The van der Waals surface area contributed by atoms with Gasteiger partial charge in [0.25, 0.3) is 0 Å². The summed E-state index contributed by atoms with van der Waals surface area (Å²) in [5, 5.41) is 5.76. The lowest BCUT2D eigenvalue weighted by molar-refractivity contribution is 0.201. The summed E-state index contributed by atoms with van der Waals surface area (Å²) in [7, 11) is 0. The average Bonchev–Trinajstić information content (AvgIpc) is 3.53. The van der Waals surface area contributed by atoms with Crippen molar-refractivity contribution in [3.05, 3.63) is 121 Å². The first-order chi connectivity index (χ1) is 19.8. The van der Waals surface area contributed by atoms with E-state index in [0.717, 1.165) is 77.4 Å². The lowest BCUT2D eigenvalue weighted by Crippen LogP contribution is -2.32. The van der Waals surface area contributed by atoms with Gasteiger partial charge in [-0.25, -0.2) is 19.6 Å². The van der Waals surface area contributed by atoms with E-state index in [1.54, 1.807) is 23.4 Å². The van der Waals surface area contributed by atoms with E-state index in [9.17, 15) is 0 Å². The summed E-state index contributed by atoms with van der Waals surface area (Å²) in [5.74, 6) is 2.10. The highest BCUT2D eigenvalue weighted by Crippen LogP contribution is 2.33. The first-order valence-electron chi connectivity index (χ1n) is 13.7. The molecule has 196 valence electrons. The van der Waals surface area contributed by atoms with Gasteiger partial charge in [-0.05, 0) is 61.3 Å². The molecule has 1 aliphatic heterocycles. The Morgan fingerprint density at radius 2 is 1.60 bits per heavy atom. The number of benzene rings is 2. The summed E-state index contributed by atoms with van der Waals surface area (Å²) >= 11 is 0. The number of likely N-dealkylation sites (tertiary alicyclic amines) is 1. The van der Waals surface area contributed by atoms with Crippen LogP contribution < -0.4 is 0 Å². The third-order valence-electron chi connectivity index (χ3n) is 7.68. The van der Waals surface area contributed by atoms with Gasteiger partial charge in [-0.2, -0.15) is 0 Å². The number of hydrogen-bond acceptors (Lipinski definition) is 6. The number of nitrogens with zero attached hydrogens (tertiary/aromatic N) is 7. The van der Waals surface area contributed by atoms with E-state index >= 15 is 0 Å². The molecule has 0 spiro atoms. The predicted octanol–water partition coefficient (Wildman–Crippen LogP) is 6.32. The zero-order chi connectivity index (χ0) is 26.7. The van der Waals surface area contributed by atoms with Crippen molar-refractivity contribution >= 4 is 10.9 Å². The molecule has 0 atom stereocenters. The number of fused-ring (bicyclic) bond motifs is 1. The van der Waals surface area contributed by atoms with Crippen molar-refractivity contribution in [2.24, 2.45) is 0 Å². The van der Waals surface area contributed by atoms with E-state index in [1.165, 1.54) is 5.56 Å². The Hall–Kier alpha value is -4.75. The molecule has 0 aliphatic carbocycles. The molecule has 0 saturated carbocycles. The predicted molar refractivity (Wildman–Crippen MR) is 157 cm³/mol. The van der Waals surface area contributed by atoms with Crippen LogP contribution in [0.3, 0.4) is 0 Å². The highest BCUT2D eigenvalue weighted by atomic mass is 15.4. The van der Waals surface area contributed by atoms with Crippen molar-refractivity contribution in [1.29, 1.82) is 0 Å². The summed E-state index contributed by atoms with van der Waals surface area (Å²) in [6, 6.07) is 29.4. The first kappa shape index (κ1) is 24.3. The molecule has 4 aromatic heterocycles. The summed E-state index contributed by atoms with van der Waals surface area (Å²) in [6.45, 7) is 3.00. The van der Waals surface area contributed by atoms with Crippen molar-refractivity contribution in [2.45, 2.75) is 25.3 Å². The molecule has 1 fully saturated rings. The van der Waals surface area contributed by atoms with Crippen LogP contribution in [-0.4, -0.2) is 47.7 Å². The van der Waals surface area contributed by atoms with Gasteiger partial charge in [0.1, 0.15) is 6.33 Å². The van der Waals surface area contributed by atoms with Crippen LogP contribution in [0.15, 0.2) is 110 Å². The maximum absolute atomic E-state index is 5.06. The molecular weight excluding hydrogens is 494 g/mol. The van der Waals surface area contributed by atoms with E-state index in [2.05, 4.69) is 74.4 Å². The Labute approximate surface area is 233 Å². The normalized spacial score (nSPS) is 14.5. The van der Waals surface area contributed by atoms with Crippen LogP contribution in [0.5, 0.6) is 0 Å². The minimum Gasteiger partial charge on any atom is -0.299 e. The van der Waals surface area contributed by atoms with Gasteiger partial charge >= 0.3 is 0 Å². The standard InChI is InChI=1S/C33H29N7/c1-2-6-25(7-3-1)29-20-28-21-34-17-13-30(28)37-32(29)26-11-9-24(10-12-26)22-39-18-14-27(15-19-39)33-36-23-40(38-33)31-8-4-5-16-35-31/h1-13,16-17,20-21,23,27H,14-15,18-19,22H2. The molecule has 40 heavy (non-hydrogen) atoms. The number of piperidine rings is 1. The summed E-state index contributed by atoms with van der Waals surface area (Å²) in [5.41, 5.74) is 6.66. The Kier molecular flexibility index (Phi) is 6.55. The Morgan fingerprint density at radius 1 is 0.775 bits per heavy atom. The maximum Gasteiger partial charge on any atom is 0.155 e. The van der Waals surface area contributed by atoms with Crippen LogP contribution >= 0.6 is 0 Å². The van der Waals surface area contributed by atoms with Gasteiger partial charge in [0, 0.05) is 47.6 Å². The molecule has 0 bridgehead atoms. The second-order valence-electron chi connectivity index (χ2n) is 10.3. The second-order valence-corrected chi connectivity index (χ2v) is 10.3. The lowest BCUT2D eigenvalue weighted by atomic mass is 9.95. The zero-order valence-corrected chi connectivity index (χ0v) is 22.1. The summed E-state index contributed by atoms with van der Waals surface area (Å²) in [4.78, 5) is 20.8. The van der Waals surface area contributed by atoms with Gasteiger partial charge in [-0.3, -0.25) is 9.88 Å². The lowest BCUT2D eigenvalue weighted by Gasteiger charge is -2.30. The van der Waals surface area contributed by atoms with E-state index < -0.39 is 0 Å². The molecule has 7 heteroatoms. The van der Waals surface area contributed by atoms with Crippen LogP contribution in [-0.2, 0) is 6.54 Å². The number of aromatic nitrogens is 6. The van der Waals surface area contributed by atoms with Gasteiger partial charge < -0.3 is 0 Å². The van der Waals surface area contributed by atoms with E-state index in [1.807, 2.05) is 36.5 Å². The van der Waals surface area contributed by atoms with Crippen molar-refractivity contribution in [3.8, 4) is 28.2 Å². The van der Waals surface area contributed by atoms with Crippen LogP contribution in [0, 0.1) is 0 Å². The molecule has 1 saturated heterocycles. The Balaban J connectivity index is 1.05. The average molecular weight is 524 g/mol. The van der Waals surface area contributed by atoms with Crippen LogP contribution in [0.4, 0.5) is 0 Å². The highest BCUT2D eigenvalue weighted by molar-refractivity contribution is 5.91. The molecule has 7 nitrogen and oxygen atoms in total. The SMILES string of the molecule is c1ccc(-c2cc3cnccc3nc2-c2ccc(CN3CCC(c4ncn(-c5ccccn5)n4)CC3)cc2)cc1. The highest BCUT2D eigenvalue weighted by Gasteiger charge is 2.24. The molecule has 2 aromatic carbocycles. The van der Waals surface area contributed by atoms with Gasteiger partial charge in [0.05, 0.1) is 11.2 Å². The third-order valence-corrected chi connectivity index (χ3v) is 7.68. The van der Waals surface area contributed by atoms with Crippen molar-refractivity contribution in [3.63, 3.8) is 0 Å². The topological polar surface area (TPSA) is 72.6 Å². The molecular formula is C33H29N7. The Morgan fingerprint density at radius 3 is 2.40 bits per heavy atom. The molecule has 7 rings (SSSR count). The molecule has 5 heterocycles. The largest absolute Gasteiger partial charge is 0.299 e. The van der Waals surface area contributed by atoms with Crippen LogP contribution in [0.2, 0.25) is 0 Å².